The molecule has 2 saturated heterocycles. The molecule has 7 aromatic rings. The largest absolute Gasteiger partial charge is 0.496 e. The third-order valence-corrected chi connectivity index (χ3v) is 14.1. The van der Waals surface area contributed by atoms with Crippen LogP contribution in [0.3, 0.4) is 0 Å². The Bertz CT molecular complexity index is 2700. The Kier molecular flexibility index (Phi) is 12.5. The first-order chi connectivity index (χ1) is 28.9. The lowest BCUT2D eigenvalue weighted by Crippen LogP contribution is -2.46. The molecule has 4 aromatic carbocycles. The topological polar surface area (TPSA) is 100 Å². The van der Waals surface area contributed by atoms with E-state index < -0.39 is 5.97 Å². The zero-order valence-electron chi connectivity index (χ0n) is 33.2. The lowest BCUT2D eigenvalue weighted by molar-refractivity contribution is 0.0665. The fourth-order valence-electron chi connectivity index (χ4n) is 8.23. The van der Waals surface area contributed by atoms with Crippen LogP contribution in [0.25, 0.3) is 33.2 Å². The van der Waals surface area contributed by atoms with Crippen LogP contribution in [0.4, 0.5) is 15.8 Å². The number of carboxylic acids is 1. The van der Waals surface area contributed by atoms with E-state index in [-0.39, 0.29) is 17.6 Å². The molecule has 15 heteroatoms. The zero-order chi connectivity index (χ0) is 42.2. The number of rotatable bonds is 8. The van der Waals surface area contributed by atoms with Gasteiger partial charge in [-0.1, -0.05) is 35.3 Å². The highest BCUT2D eigenvalue weighted by atomic mass is 79.9. The number of hydrogen-bond acceptors (Lipinski definition) is 8. The van der Waals surface area contributed by atoms with Gasteiger partial charge < -0.3 is 28.5 Å². The van der Waals surface area contributed by atoms with Gasteiger partial charge in [0.05, 0.1) is 55.5 Å². The minimum absolute atomic E-state index is 0.0292. The quantitative estimate of drug-likeness (QED) is 0.160. The number of methoxy groups -OCH3 is 1. The van der Waals surface area contributed by atoms with Gasteiger partial charge in [0.2, 0.25) is 5.76 Å². The first-order valence-electron chi connectivity index (χ1n) is 19.6. The molecular formula is C45H42Br2Cl2FN5O5. The van der Waals surface area contributed by atoms with Crippen molar-refractivity contribution in [3.8, 4) is 17.0 Å². The van der Waals surface area contributed by atoms with Crippen LogP contribution in [0.1, 0.15) is 46.3 Å². The van der Waals surface area contributed by atoms with Crippen molar-refractivity contribution in [2.45, 2.75) is 39.3 Å². The number of furan rings is 2. The van der Waals surface area contributed by atoms with E-state index in [0.717, 1.165) is 118 Å². The standard InChI is InChI=1S/C24H22Br2FN3O2.C21H20Cl2N2O3/c1-14-22(25)24(18-4-3-15(27)13-21(18)31-2)30(28-14)16-7-10-29(11-8-16)19-5-6-20-17(23(19)26)9-12-32-20;1-13-15-11-19(21(26)27)28-18(15)6-5-17(13)25-9-7-24(8-10-25)12-14-3-2-4-16(22)20(14)23/h3-6,9,12-13,16H,7-8,10-11H2,1-2H3;2-6,11H,7-10,12H2,1H3,(H,26,27). The summed E-state index contributed by atoms with van der Waals surface area (Å²) in [4.78, 5) is 18.3. The first kappa shape index (κ1) is 42.2. The Labute approximate surface area is 373 Å². The highest BCUT2D eigenvalue weighted by Gasteiger charge is 2.29. The molecule has 2 aliphatic heterocycles. The molecule has 2 aliphatic rings. The minimum Gasteiger partial charge on any atom is -0.496 e. The second-order valence-electron chi connectivity index (χ2n) is 15.0. The molecule has 9 rings (SSSR count). The van der Waals surface area contributed by atoms with Crippen molar-refractivity contribution >= 4 is 94.3 Å². The van der Waals surface area contributed by atoms with Crippen molar-refractivity contribution in [2.24, 2.45) is 0 Å². The Balaban J connectivity index is 0.000000168. The summed E-state index contributed by atoms with van der Waals surface area (Å²) in [6, 6.07) is 22.2. The Morgan fingerprint density at radius 2 is 1.60 bits per heavy atom. The number of aryl methyl sites for hydroxylation is 2. The van der Waals surface area contributed by atoms with Gasteiger partial charge in [-0.2, -0.15) is 5.10 Å². The van der Waals surface area contributed by atoms with Crippen LogP contribution in [0.15, 0.2) is 96.8 Å². The number of hydrogen-bond donors (Lipinski definition) is 1. The van der Waals surface area contributed by atoms with Crippen molar-refractivity contribution in [1.82, 2.24) is 14.7 Å². The van der Waals surface area contributed by atoms with E-state index in [4.69, 9.17) is 47.0 Å². The van der Waals surface area contributed by atoms with E-state index in [9.17, 15) is 9.18 Å². The van der Waals surface area contributed by atoms with E-state index in [2.05, 4.69) is 57.3 Å². The van der Waals surface area contributed by atoms with Crippen LogP contribution in [0, 0.1) is 19.7 Å². The molecule has 0 unspecified atom stereocenters. The summed E-state index contributed by atoms with van der Waals surface area (Å²) >= 11 is 19.9. The van der Waals surface area contributed by atoms with Gasteiger partial charge in [-0.25, -0.2) is 9.18 Å². The van der Waals surface area contributed by atoms with Crippen LogP contribution in [-0.4, -0.2) is 72.1 Å². The molecule has 2 fully saturated rings. The van der Waals surface area contributed by atoms with E-state index >= 15 is 0 Å². The maximum atomic E-state index is 13.8. The predicted octanol–water partition coefficient (Wildman–Crippen LogP) is 12.2. The number of aromatic nitrogens is 2. The fourth-order valence-corrected chi connectivity index (χ4v) is 9.80. The Morgan fingerprint density at radius 3 is 2.33 bits per heavy atom. The highest BCUT2D eigenvalue weighted by molar-refractivity contribution is 9.11. The number of halogens is 5. The summed E-state index contributed by atoms with van der Waals surface area (Å²) in [5.41, 5.74) is 8.53. The van der Waals surface area contributed by atoms with E-state index in [0.29, 0.717) is 21.4 Å². The summed E-state index contributed by atoms with van der Waals surface area (Å²) in [5.74, 6) is -0.900. The lowest BCUT2D eigenvalue weighted by atomic mass is 10.0. The van der Waals surface area contributed by atoms with Gasteiger partial charge in [-0.15, -0.1) is 0 Å². The number of nitrogens with zero attached hydrogens (tertiary/aromatic N) is 5. The first-order valence-corrected chi connectivity index (χ1v) is 21.9. The zero-order valence-corrected chi connectivity index (χ0v) is 37.8. The SMILES string of the molecule is COc1cc(F)ccc1-c1c(Br)c(C)nn1C1CCN(c2ccc3occc3c2Br)CC1.Cc1c(N2CCN(Cc3cccc(Cl)c3Cl)CC2)ccc2oc(C(=O)O)cc12. The molecule has 5 heterocycles. The summed E-state index contributed by atoms with van der Waals surface area (Å²) < 4.78 is 34.3. The molecular weight excluding hydrogens is 940 g/mol. The molecule has 0 spiro atoms. The van der Waals surface area contributed by atoms with Gasteiger partial charge in [0.15, 0.2) is 0 Å². The number of ether oxygens (including phenoxy) is 1. The molecule has 0 radical (unpaired) electrons. The van der Waals surface area contributed by atoms with E-state index in [1.807, 2.05) is 50.2 Å². The smallest absolute Gasteiger partial charge is 0.371 e. The fraction of sp³-hybridized carbons (Fsp3) is 0.289. The Hall–Kier alpha value is -4.53. The van der Waals surface area contributed by atoms with Gasteiger partial charge in [0.25, 0.3) is 0 Å². The van der Waals surface area contributed by atoms with Crippen LogP contribution in [-0.2, 0) is 6.54 Å². The van der Waals surface area contributed by atoms with Crippen molar-refractivity contribution in [2.75, 3.05) is 56.2 Å². The molecule has 10 nitrogen and oxygen atoms in total. The number of benzene rings is 4. The average molecular weight is 983 g/mol. The average Bonchev–Trinajstić information content (AvgIpc) is 3.99. The normalized spacial score (nSPS) is 15.1. The number of aromatic carboxylic acids is 1. The second-order valence-corrected chi connectivity index (χ2v) is 17.4. The van der Waals surface area contributed by atoms with Gasteiger partial charge in [0, 0.05) is 73.9 Å². The van der Waals surface area contributed by atoms with Crippen LogP contribution in [0.5, 0.6) is 5.75 Å². The second kappa shape index (κ2) is 17.8. The van der Waals surface area contributed by atoms with E-state index in [1.54, 1.807) is 31.6 Å². The van der Waals surface area contributed by atoms with Gasteiger partial charge in [-0.3, -0.25) is 9.58 Å². The summed E-state index contributed by atoms with van der Waals surface area (Å²) in [6.45, 7) is 10.2. The molecule has 60 heavy (non-hydrogen) atoms. The summed E-state index contributed by atoms with van der Waals surface area (Å²) in [6.07, 6.45) is 3.61. The maximum Gasteiger partial charge on any atom is 0.371 e. The van der Waals surface area contributed by atoms with Crippen LogP contribution < -0.4 is 14.5 Å². The van der Waals surface area contributed by atoms with Crippen molar-refractivity contribution < 1.29 is 27.9 Å². The number of carboxylic acid groups (broad SMARTS) is 1. The molecule has 0 amide bonds. The molecule has 1 N–H and O–H groups in total. The van der Waals surface area contributed by atoms with Gasteiger partial charge in [-0.05, 0) is 124 Å². The van der Waals surface area contributed by atoms with Crippen molar-refractivity contribution in [3.63, 3.8) is 0 Å². The third kappa shape index (κ3) is 8.39. The monoisotopic (exact) mass is 979 g/mol. The maximum absolute atomic E-state index is 13.8. The molecule has 3 aromatic heterocycles. The number of piperidine rings is 1. The van der Waals surface area contributed by atoms with Crippen molar-refractivity contribution in [1.29, 1.82) is 0 Å². The number of fused-ring (bicyclic) bond motifs is 2. The molecule has 0 aliphatic carbocycles. The molecule has 0 saturated carbocycles. The minimum atomic E-state index is -1.05. The summed E-state index contributed by atoms with van der Waals surface area (Å²) in [5, 5.41) is 17.1. The molecule has 312 valence electrons. The van der Waals surface area contributed by atoms with Gasteiger partial charge >= 0.3 is 5.97 Å². The highest BCUT2D eigenvalue weighted by Crippen LogP contribution is 2.42. The summed E-state index contributed by atoms with van der Waals surface area (Å²) in [7, 11) is 1.56. The lowest BCUT2D eigenvalue weighted by Gasteiger charge is -2.37. The Morgan fingerprint density at radius 1 is 0.883 bits per heavy atom. The molecule has 0 atom stereocenters. The predicted molar refractivity (Wildman–Crippen MR) is 243 cm³/mol. The number of carbonyl (C=O) groups is 1. The number of piperazine rings is 1. The third-order valence-electron chi connectivity index (χ3n) is 11.4. The van der Waals surface area contributed by atoms with Crippen molar-refractivity contribution in [3.05, 3.63) is 126 Å². The molecule has 0 bridgehead atoms. The van der Waals surface area contributed by atoms with Crippen LogP contribution >= 0.6 is 55.1 Å². The van der Waals surface area contributed by atoms with Gasteiger partial charge in [0.1, 0.15) is 22.7 Å². The van der Waals surface area contributed by atoms with Crippen LogP contribution in [0.2, 0.25) is 10.0 Å². The number of anilines is 2. The van der Waals surface area contributed by atoms with E-state index in [1.165, 1.54) is 17.8 Å².